The first-order chi connectivity index (χ1) is 16.2. The second-order valence-electron chi connectivity index (χ2n) is 9.04. The lowest BCUT2D eigenvalue weighted by Crippen LogP contribution is -2.29. The molecule has 1 N–H and O–H groups in total. The Hall–Kier alpha value is -3.80. The fraction of sp³-hybridized carbons (Fsp3) is 0.286. The van der Waals surface area contributed by atoms with Crippen molar-refractivity contribution in [1.29, 1.82) is 0 Å². The topological polar surface area (TPSA) is 80.0 Å². The lowest BCUT2D eigenvalue weighted by Gasteiger charge is -2.24. The highest BCUT2D eigenvalue weighted by Gasteiger charge is 2.48. The third kappa shape index (κ3) is 4.00. The average molecular weight is 460 g/mol. The van der Waals surface area contributed by atoms with Gasteiger partial charge < -0.3 is 14.3 Å². The monoisotopic (exact) mass is 459 g/mol. The Morgan fingerprint density at radius 3 is 2.26 bits per heavy atom. The van der Waals surface area contributed by atoms with Crippen molar-refractivity contribution in [2.45, 2.75) is 45.6 Å². The van der Waals surface area contributed by atoms with E-state index in [1.54, 1.807) is 37.4 Å². The quantitative estimate of drug-likeness (QED) is 0.271. The molecule has 176 valence electrons. The van der Waals surface area contributed by atoms with Crippen LogP contribution in [0.4, 0.5) is 5.69 Å². The number of hydrogen-bond acceptors (Lipinski definition) is 5. The molecular formula is C28H29NO5. The molecular weight excluding hydrogens is 430 g/mol. The Bertz CT molecular complexity index is 1240. The lowest BCUT2D eigenvalue weighted by atomic mass is 9.95. The number of methoxy groups -OCH3 is 1. The second kappa shape index (κ2) is 9.21. The molecule has 4 rings (SSSR count). The predicted octanol–water partition coefficient (Wildman–Crippen LogP) is 6.16. The molecule has 0 spiro atoms. The van der Waals surface area contributed by atoms with Gasteiger partial charge in [0.2, 0.25) is 0 Å². The van der Waals surface area contributed by atoms with Crippen LogP contribution in [-0.4, -0.2) is 23.9 Å². The van der Waals surface area contributed by atoms with Crippen LogP contribution < -0.4 is 9.64 Å². The van der Waals surface area contributed by atoms with Crippen molar-refractivity contribution in [3.63, 3.8) is 0 Å². The third-order valence-electron chi connectivity index (χ3n) is 6.22. The van der Waals surface area contributed by atoms with Gasteiger partial charge in [-0.15, -0.1) is 0 Å². The van der Waals surface area contributed by atoms with Gasteiger partial charge in [-0.3, -0.25) is 14.5 Å². The SMILES string of the molecule is COc1ccc(/C(O)=C2/C(=O)C(=O)N(c3ccc(C(C)C)cc3)C2c2ccco2)cc1C(C)C. The molecule has 1 atom stereocenters. The minimum Gasteiger partial charge on any atom is -0.507 e. The molecule has 2 heterocycles. The molecule has 3 aromatic rings. The summed E-state index contributed by atoms with van der Waals surface area (Å²) in [7, 11) is 1.59. The van der Waals surface area contributed by atoms with Gasteiger partial charge in [-0.1, -0.05) is 39.8 Å². The Kier molecular flexibility index (Phi) is 6.33. The van der Waals surface area contributed by atoms with Gasteiger partial charge in [0.25, 0.3) is 11.7 Å². The minimum atomic E-state index is -0.885. The number of benzene rings is 2. The normalized spacial score (nSPS) is 17.7. The number of carbonyl (C=O) groups excluding carboxylic acids is 2. The highest BCUT2D eigenvalue weighted by molar-refractivity contribution is 6.51. The van der Waals surface area contributed by atoms with E-state index in [2.05, 4.69) is 13.8 Å². The molecule has 6 heteroatoms. The standard InChI is InChI=1S/C28H29NO5/c1-16(2)18-8-11-20(12-9-18)29-25(23-7-6-14-34-23)24(27(31)28(29)32)26(30)19-10-13-22(33-5)21(15-19)17(3)4/h6-17,25,30H,1-5H3/b26-24-. The van der Waals surface area contributed by atoms with E-state index in [1.165, 1.54) is 11.2 Å². The molecule has 0 radical (unpaired) electrons. The van der Waals surface area contributed by atoms with Crippen molar-refractivity contribution in [2.75, 3.05) is 12.0 Å². The van der Waals surface area contributed by atoms with Crippen LogP contribution in [0.2, 0.25) is 0 Å². The maximum Gasteiger partial charge on any atom is 0.300 e. The number of aliphatic hydroxyl groups excluding tert-OH is 1. The Balaban J connectivity index is 1.88. The second-order valence-corrected chi connectivity index (χ2v) is 9.04. The van der Waals surface area contributed by atoms with Gasteiger partial charge in [0.15, 0.2) is 0 Å². The van der Waals surface area contributed by atoms with E-state index in [0.29, 0.717) is 28.7 Å². The number of nitrogens with zero attached hydrogens (tertiary/aromatic N) is 1. The van der Waals surface area contributed by atoms with E-state index in [4.69, 9.17) is 9.15 Å². The number of anilines is 1. The van der Waals surface area contributed by atoms with Crippen molar-refractivity contribution in [3.05, 3.63) is 88.9 Å². The molecule has 1 aromatic heterocycles. The fourth-order valence-corrected chi connectivity index (χ4v) is 4.32. The highest BCUT2D eigenvalue weighted by Crippen LogP contribution is 2.43. The van der Waals surface area contributed by atoms with Crippen LogP contribution in [0.3, 0.4) is 0 Å². The number of ketones is 1. The van der Waals surface area contributed by atoms with Crippen molar-refractivity contribution in [1.82, 2.24) is 0 Å². The van der Waals surface area contributed by atoms with Crippen LogP contribution in [-0.2, 0) is 9.59 Å². The number of ether oxygens (including phenoxy) is 1. The molecule has 1 fully saturated rings. The van der Waals surface area contributed by atoms with Crippen LogP contribution >= 0.6 is 0 Å². The van der Waals surface area contributed by atoms with E-state index in [0.717, 1.165) is 11.1 Å². The number of amides is 1. The molecule has 34 heavy (non-hydrogen) atoms. The van der Waals surface area contributed by atoms with Crippen molar-refractivity contribution in [2.24, 2.45) is 0 Å². The molecule has 1 saturated heterocycles. The van der Waals surface area contributed by atoms with Crippen LogP contribution in [0.25, 0.3) is 5.76 Å². The molecule has 0 saturated carbocycles. The summed E-state index contributed by atoms with van der Waals surface area (Å²) in [6, 6.07) is 15.3. The van der Waals surface area contributed by atoms with Crippen molar-refractivity contribution < 1.29 is 23.8 Å². The Labute approximate surface area is 199 Å². The minimum absolute atomic E-state index is 0.00670. The molecule has 1 amide bonds. The number of carbonyl (C=O) groups is 2. The van der Waals surface area contributed by atoms with Crippen molar-refractivity contribution in [3.8, 4) is 5.75 Å². The Morgan fingerprint density at radius 2 is 1.71 bits per heavy atom. The number of furan rings is 1. The summed E-state index contributed by atoms with van der Waals surface area (Å²) in [6.07, 6.45) is 1.49. The van der Waals surface area contributed by atoms with Crippen LogP contribution in [0, 0.1) is 0 Å². The first-order valence-corrected chi connectivity index (χ1v) is 11.4. The first kappa shape index (κ1) is 23.4. The summed E-state index contributed by atoms with van der Waals surface area (Å²) in [6.45, 7) is 8.21. The maximum atomic E-state index is 13.3. The molecule has 0 bridgehead atoms. The molecule has 2 aromatic carbocycles. The fourth-order valence-electron chi connectivity index (χ4n) is 4.32. The summed E-state index contributed by atoms with van der Waals surface area (Å²) in [5.74, 6) is -0.163. The van der Waals surface area contributed by atoms with Crippen LogP contribution in [0.15, 0.2) is 70.9 Å². The van der Waals surface area contributed by atoms with E-state index in [1.807, 2.05) is 38.1 Å². The summed E-state index contributed by atoms with van der Waals surface area (Å²) in [5, 5.41) is 11.3. The van der Waals surface area contributed by atoms with Crippen molar-refractivity contribution >= 4 is 23.1 Å². The predicted molar refractivity (Wildman–Crippen MR) is 131 cm³/mol. The van der Waals surface area contributed by atoms with E-state index in [9.17, 15) is 14.7 Å². The summed E-state index contributed by atoms with van der Waals surface area (Å²) >= 11 is 0. The van der Waals surface area contributed by atoms with Gasteiger partial charge in [0.1, 0.15) is 23.3 Å². The Morgan fingerprint density at radius 1 is 1.00 bits per heavy atom. The molecule has 0 aliphatic carbocycles. The maximum absolute atomic E-state index is 13.3. The number of rotatable bonds is 6. The third-order valence-corrected chi connectivity index (χ3v) is 6.22. The molecule has 6 nitrogen and oxygen atoms in total. The van der Waals surface area contributed by atoms with E-state index >= 15 is 0 Å². The zero-order chi connectivity index (χ0) is 24.6. The summed E-state index contributed by atoms with van der Waals surface area (Å²) in [4.78, 5) is 27.9. The van der Waals surface area contributed by atoms with Gasteiger partial charge in [-0.05, 0) is 65.4 Å². The van der Waals surface area contributed by atoms with E-state index < -0.39 is 17.7 Å². The smallest absolute Gasteiger partial charge is 0.300 e. The summed E-state index contributed by atoms with van der Waals surface area (Å²) < 4.78 is 11.1. The van der Waals surface area contributed by atoms with E-state index in [-0.39, 0.29) is 17.3 Å². The summed E-state index contributed by atoms with van der Waals surface area (Å²) in [5.41, 5.74) is 3.00. The largest absolute Gasteiger partial charge is 0.507 e. The molecule has 1 unspecified atom stereocenters. The van der Waals surface area contributed by atoms with Gasteiger partial charge >= 0.3 is 0 Å². The molecule has 1 aliphatic heterocycles. The van der Waals surface area contributed by atoms with Gasteiger partial charge in [-0.25, -0.2) is 0 Å². The number of hydrogen-bond donors (Lipinski definition) is 1. The zero-order valence-electron chi connectivity index (χ0n) is 20.0. The number of Topliss-reactive ketones (excluding diaryl/α,β-unsaturated/α-hetero) is 1. The van der Waals surface area contributed by atoms with Gasteiger partial charge in [0.05, 0.1) is 18.9 Å². The van der Waals surface area contributed by atoms with Gasteiger partial charge in [-0.2, -0.15) is 0 Å². The highest BCUT2D eigenvalue weighted by atomic mass is 16.5. The lowest BCUT2D eigenvalue weighted by molar-refractivity contribution is -0.132. The van der Waals surface area contributed by atoms with Crippen LogP contribution in [0.5, 0.6) is 5.75 Å². The zero-order valence-corrected chi connectivity index (χ0v) is 20.0. The first-order valence-electron chi connectivity index (χ1n) is 11.4. The van der Waals surface area contributed by atoms with Crippen LogP contribution in [0.1, 0.15) is 68.0 Å². The average Bonchev–Trinajstić information content (AvgIpc) is 3.45. The number of aliphatic hydroxyl groups is 1. The van der Waals surface area contributed by atoms with Gasteiger partial charge in [0, 0.05) is 11.3 Å². The molecule has 1 aliphatic rings.